The van der Waals surface area contributed by atoms with E-state index in [-0.39, 0.29) is 11.9 Å². The first-order valence-electron chi connectivity index (χ1n) is 10.7. The van der Waals surface area contributed by atoms with Gasteiger partial charge in [0.25, 0.3) is 5.91 Å². The van der Waals surface area contributed by atoms with Gasteiger partial charge in [-0.1, -0.05) is 20.3 Å². The van der Waals surface area contributed by atoms with Crippen LogP contribution in [0.15, 0.2) is 12.1 Å². The number of nitrogens with one attached hydrogen (secondary N) is 1. The third kappa shape index (κ3) is 4.19. The Bertz CT molecular complexity index is 1150. The molecule has 3 aromatic heterocycles. The number of nitrogens with two attached hydrogens (primary N) is 1. The van der Waals surface area contributed by atoms with Crippen LogP contribution in [0.4, 0.5) is 10.7 Å². The number of rotatable bonds is 5. The molecule has 164 valence electrons. The van der Waals surface area contributed by atoms with E-state index in [0.717, 1.165) is 53.6 Å². The number of aromatic nitrogens is 1. The van der Waals surface area contributed by atoms with Crippen molar-refractivity contribution in [2.24, 2.45) is 0 Å². The normalized spacial score (nSPS) is 13.8. The first kappa shape index (κ1) is 21.8. The van der Waals surface area contributed by atoms with Gasteiger partial charge in [-0.2, -0.15) is 0 Å². The molecule has 0 radical (unpaired) electrons. The zero-order valence-electron chi connectivity index (χ0n) is 18.0. The molecule has 3 heterocycles. The third-order valence-electron chi connectivity index (χ3n) is 5.54. The van der Waals surface area contributed by atoms with Crippen LogP contribution in [0.3, 0.4) is 0 Å². The van der Waals surface area contributed by atoms with E-state index in [1.807, 2.05) is 12.1 Å². The Kier molecular flexibility index (Phi) is 6.29. The maximum Gasteiger partial charge on any atom is 0.341 e. The highest BCUT2D eigenvalue weighted by atomic mass is 32.1. The summed E-state index contributed by atoms with van der Waals surface area (Å²) in [7, 11) is 0. The highest BCUT2D eigenvalue weighted by Gasteiger charge is 2.28. The number of hydrogen-bond donors (Lipinski definition) is 2. The molecule has 6 nitrogen and oxygen atoms in total. The van der Waals surface area contributed by atoms with Crippen LogP contribution in [-0.4, -0.2) is 23.5 Å². The van der Waals surface area contributed by atoms with Gasteiger partial charge in [-0.25, -0.2) is 9.78 Å². The summed E-state index contributed by atoms with van der Waals surface area (Å²) in [6, 6.07) is 3.88. The molecule has 1 aliphatic carbocycles. The molecule has 3 aromatic rings. The lowest BCUT2D eigenvalue weighted by Crippen LogP contribution is -2.15. The lowest BCUT2D eigenvalue weighted by atomic mass is 10.1. The minimum absolute atomic E-state index is 0.290. The molecule has 1 aliphatic rings. The second-order valence-electron chi connectivity index (χ2n) is 8.03. The number of ether oxygens (including phenoxy) is 1. The molecular weight excluding hydrogens is 430 g/mol. The zero-order chi connectivity index (χ0) is 22.1. The molecule has 0 bridgehead atoms. The Morgan fingerprint density at radius 3 is 2.71 bits per heavy atom. The van der Waals surface area contributed by atoms with Crippen molar-refractivity contribution >= 4 is 55.5 Å². The molecule has 0 fully saturated rings. The number of aryl methyl sites for hydroxylation is 1. The number of thiophene rings is 2. The number of nitrogens with zero attached hydrogens (tertiary/aromatic N) is 1. The summed E-state index contributed by atoms with van der Waals surface area (Å²) < 4.78 is 5.31. The molecular formula is C23H27N3O3S2. The number of carbonyl (C=O) groups excluding carboxylic acids is 2. The minimum Gasteiger partial charge on any atom is -0.462 e. The summed E-state index contributed by atoms with van der Waals surface area (Å²) in [6.07, 6.45) is 5.04. The molecule has 0 aliphatic heterocycles. The van der Waals surface area contributed by atoms with Crippen LogP contribution in [0.1, 0.15) is 82.1 Å². The second-order valence-corrected chi connectivity index (χ2v) is 10.1. The summed E-state index contributed by atoms with van der Waals surface area (Å²) in [5.41, 5.74) is 9.24. The highest BCUT2D eigenvalue weighted by molar-refractivity contribution is 7.21. The zero-order valence-corrected chi connectivity index (χ0v) is 19.7. The summed E-state index contributed by atoms with van der Waals surface area (Å²) in [5, 5.41) is 4.31. The second kappa shape index (κ2) is 8.96. The first-order chi connectivity index (χ1) is 14.9. The third-order valence-corrected chi connectivity index (χ3v) is 7.86. The maximum absolute atomic E-state index is 13.2. The van der Waals surface area contributed by atoms with Gasteiger partial charge in [-0.05, 0) is 56.2 Å². The molecule has 3 N–H and O–H groups in total. The average molecular weight is 458 g/mol. The fourth-order valence-electron chi connectivity index (χ4n) is 3.91. The fourth-order valence-corrected chi connectivity index (χ4v) is 6.18. The smallest absolute Gasteiger partial charge is 0.341 e. The van der Waals surface area contributed by atoms with Crippen molar-refractivity contribution < 1.29 is 14.3 Å². The number of hydrogen-bond acceptors (Lipinski definition) is 7. The van der Waals surface area contributed by atoms with Gasteiger partial charge in [-0.3, -0.25) is 4.79 Å². The van der Waals surface area contributed by atoms with E-state index < -0.39 is 0 Å². The van der Waals surface area contributed by atoms with Gasteiger partial charge in [0, 0.05) is 16.0 Å². The minimum atomic E-state index is -0.371. The topological polar surface area (TPSA) is 94.3 Å². The van der Waals surface area contributed by atoms with Crippen molar-refractivity contribution in [1.82, 2.24) is 4.98 Å². The van der Waals surface area contributed by atoms with E-state index >= 15 is 0 Å². The molecule has 31 heavy (non-hydrogen) atoms. The van der Waals surface area contributed by atoms with Crippen molar-refractivity contribution in [3.8, 4) is 0 Å². The van der Waals surface area contributed by atoms with Crippen molar-refractivity contribution in [2.45, 2.75) is 58.8 Å². The fraction of sp³-hybridized carbons (Fsp3) is 0.435. The first-order valence-corrected chi connectivity index (χ1v) is 12.4. The molecule has 0 aromatic carbocycles. The Labute approximate surface area is 189 Å². The molecule has 0 atom stereocenters. The van der Waals surface area contributed by atoms with Gasteiger partial charge >= 0.3 is 5.97 Å². The number of esters is 1. The lowest BCUT2D eigenvalue weighted by Gasteiger charge is -2.08. The largest absolute Gasteiger partial charge is 0.462 e. The van der Waals surface area contributed by atoms with Crippen molar-refractivity contribution in [3.05, 3.63) is 38.7 Å². The molecule has 0 saturated carbocycles. The Morgan fingerprint density at radius 1 is 1.19 bits per heavy atom. The predicted octanol–water partition coefficient (Wildman–Crippen LogP) is 5.76. The van der Waals surface area contributed by atoms with Crippen LogP contribution in [0.5, 0.6) is 0 Å². The van der Waals surface area contributed by atoms with Gasteiger partial charge in [-0.15, -0.1) is 22.7 Å². The van der Waals surface area contributed by atoms with Crippen LogP contribution < -0.4 is 11.1 Å². The van der Waals surface area contributed by atoms with E-state index in [0.29, 0.717) is 33.7 Å². The van der Waals surface area contributed by atoms with E-state index in [4.69, 9.17) is 10.5 Å². The summed E-state index contributed by atoms with van der Waals surface area (Å²) in [4.78, 5) is 32.9. The number of amides is 1. The Hall–Kier alpha value is -2.45. The molecule has 4 rings (SSSR count). The number of carbonyl (C=O) groups is 2. The summed E-state index contributed by atoms with van der Waals surface area (Å²) in [6.45, 7) is 6.24. The number of fused-ring (bicyclic) bond motifs is 2. The molecule has 8 heteroatoms. The quantitative estimate of drug-likeness (QED) is 0.375. The van der Waals surface area contributed by atoms with Crippen molar-refractivity contribution in [1.29, 1.82) is 0 Å². The number of nitrogen functional groups attached to an aromatic ring is 1. The monoisotopic (exact) mass is 457 g/mol. The Balaban J connectivity index is 1.70. The molecule has 0 spiro atoms. The molecule has 1 amide bonds. The highest BCUT2D eigenvalue weighted by Crippen LogP contribution is 2.39. The predicted molar refractivity (Wildman–Crippen MR) is 128 cm³/mol. The summed E-state index contributed by atoms with van der Waals surface area (Å²) in [5.74, 6) is -0.392. The van der Waals surface area contributed by atoms with Gasteiger partial charge in [0.05, 0.1) is 17.9 Å². The van der Waals surface area contributed by atoms with E-state index in [2.05, 4.69) is 24.1 Å². The SMILES string of the molecule is CCOC(=O)c1c(NC(=O)c2sc3nc(C(C)C)ccc3c2N)sc2c1CCCCC2. The van der Waals surface area contributed by atoms with Crippen molar-refractivity contribution in [2.75, 3.05) is 17.7 Å². The average Bonchev–Trinajstić information content (AvgIpc) is 3.15. The van der Waals surface area contributed by atoms with Crippen LogP contribution in [-0.2, 0) is 17.6 Å². The number of pyridine rings is 1. The van der Waals surface area contributed by atoms with Crippen LogP contribution in [0.2, 0.25) is 0 Å². The Morgan fingerprint density at radius 2 is 1.97 bits per heavy atom. The van der Waals surface area contributed by atoms with Crippen LogP contribution in [0.25, 0.3) is 10.2 Å². The van der Waals surface area contributed by atoms with Crippen LogP contribution >= 0.6 is 22.7 Å². The molecule has 0 unspecified atom stereocenters. The maximum atomic E-state index is 13.2. The molecule has 0 saturated heterocycles. The van der Waals surface area contributed by atoms with Crippen molar-refractivity contribution in [3.63, 3.8) is 0 Å². The van der Waals surface area contributed by atoms with Crippen LogP contribution in [0, 0.1) is 0 Å². The van der Waals surface area contributed by atoms with Gasteiger partial charge in [0.15, 0.2) is 0 Å². The van der Waals surface area contributed by atoms with E-state index in [9.17, 15) is 9.59 Å². The van der Waals surface area contributed by atoms with Gasteiger partial charge in [0.1, 0.15) is 14.7 Å². The van der Waals surface area contributed by atoms with Gasteiger partial charge in [0.2, 0.25) is 0 Å². The van der Waals surface area contributed by atoms with E-state index in [1.54, 1.807) is 6.92 Å². The summed E-state index contributed by atoms with van der Waals surface area (Å²) >= 11 is 2.77. The lowest BCUT2D eigenvalue weighted by molar-refractivity contribution is 0.0527. The standard InChI is InChI=1S/C23H27N3O3S2/c1-4-29-23(28)17-13-8-6-5-7-9-16(13)30-22(17)26-20(27)19-18(24)14-10-11-15(12(2)3)25-21(14)31-19/h10-12H,4-9,24H2,1-3H3,(H,26,27). The number of anilines is 2. The van der Waals surface area contributed by atoms with E-state index in [1.165, 1.54) is 27.6 Å². The van der Waals surface area contributed by atoms with Gasteiger partial charge < -0.3 is 15.8 Å².